The van der Waals surface area contributed by atoms with Crippen molar-refractivity contribution in [3.63, 3.8) is 0 Å². The zero-order valence-electron chi connectivity index (χ0n) is 14.6. The summed E-state index contributed by atoms with van der Waals surface area (Å²) in [4.78, 5) is 12.0. The van der Waals surface area contributed by atoms with Gasteiger partial charge in [-0.25, -0.2) is 0 Å². The number of methoxy groups -OCH3 is 2. The SMILES string of the molecule is COc1cc(/C=C/C(=O)NC[C@H](C)c2ccccc2)cc(Cl)c1OC. The van der Waals surface area contributed by atoms with Crippen molar-refractivity contribution in [2.75, 3.05) is 20.8 Å². The van der Waals surface area contributed by atoms with Gasteiger partial charge in [0.05, 0.1) is 19.2 Å². The minimum Gasteiger partial charge on any atom is -0.493 e. The summed E-state index contributed by atoms with van der Waals surface area (Å²) < 4.78 is 10.4. The molecule has 0 fully saturated rings. The molecule has 0 saturated carbocycles. The first kappa shape index (κ1) is 18.9. The quantitative estimate of drug-likeness (QED) is 0.750. The number of hydrogen-bond donors (Lipinski definition) is 1. The molecule has 2 rings (SSSR count). The van der Waals surface area contributed by atoms with Gasteiger partial charge in [0.2, 0.25) is 5.91 Å². The fourth-order valence-electron chi connectivity index (χ4n) is 2.42. The highest BCUT2D eigenvalue weighted by atomic mass is 35.5. The van der Waals surface area contributed by atoms with Crippen LogP contribution in [-0.4, -0.2) is 26.7 Å². The predicted molar refractivity (Wildman–Crippen MR) is 101 cm³/mol. The van der Waals surface area contributed by atoms with Crippen LogP contribution >= 0.6 is 11.6 Å². The van der Waals surface area contributed by atoms with E-state index in [4.69, 9.17) is 21.1 Å². The molecular formula is C20H22ClNO3. The Morgan fingerprint density at radius 1 is 1.20 bits per heavy atom. The van der Waals surface area contributed by atoms with Crippen molar-refractivity contribution in [2.24, 2.45) is 0 Å². The van der Waals surface area contributed by atoms with Gasteiger partial charge in [-0.1, -0.05) is 48.9 Å². The first-order valence-corrected chi connectivity index (χ1v) is 8.35. The monoisotopic (exact) mass is 359 g/mol. The van der Waals surface area contributed by atoms with Gasteiger partial charge in [0.25, 0.3) is 0 Å². The Bertz CT molecular complexity index is 744. The summed E-state index contributed by atoms with van der Waals surface area (Å²) in [5, 5.41) is 3.33. The number of rotatable bonds is 7. The second kappa shape index (κ2) is 9.14. The normalized spacial score (nSPS) is 12.0. The third-order valence-electron chi connectivity index (χ3n) is 3.83. The number of ether oxygens (including phenoxy) is 2. The number of amides is 1. The van der Waals surface area contributed by atoms with Crippen LogP contribution in [0.5, 0.6) is 11.5 Å². The molecule has 2 aromatic rings. The molecule has 1 atom stereocenters. The largest absolute Gasteiger partial charge is 0.493 e. The molecule has 0 spiro atoms. The van der Waals surface area contributed by atoms with Crippen LogP contribution in [0.3, 0.4) is 0 Å². The van der Waals surface area contributed by atoms with E-state index in [-0.39, 0.29) is 11.8 Å². The molecule has 0 unspecified atom stereocenters. The number of halogens is 1. The van der Waals surface area contributed by atoms with E-state index in [1.807, 2.05) is 18.2 Å². The van der Waals surface area contributed by atoms with Gasteiger partial charge in [0.1, 0.15) is 0 Å². The highest BCUT2D eigenvalue weighted by Gasteiger charge is 2.10. The molecule has 1 amide bonds. The van der Waals surface area contributed by atoms with Crippen LogP contribution in [0.4, 0.5) is 0 Å². The maximum absolute atomic E-state index is 12.0. The molecule has 0 bridgehead atoms. The summed E-state index contributed by atoms with van der Waals surface area (Å²) in [5.41, 5.74) is 1.95. The van der Waals surface area contributed by atoms with Crippen LogP contribution in [0.15, 0.2) is 48.5 Å². The highest BCUT2D eigenvalue weighted by molar-refractivity contribution is 6.32. The lowest BCUT2D eigenvalue weighted by Crippen LogP contribution is -2.25. The lowest BCUT2D eigenvalue weighted by atomic mass is 10.0. The standard InChI is InChI=1S/C20H22ClNO3/c1-14(16-7-5-4-6-8-16)13-22-19(23)10-9-15-11-17(21)20(25-3)18(12-15)24-2/h4-12,14H,13H2,1-3H3,(H,22,23)/b10-9+/t14-/m0/s1. The zero-order chi connectivity index (χ0) is 18.2. The van der Waals surface area contributed by atoms with Crippen molar-refractivity contribution in [1.82, 2.24) is 5.32 Å². The lowest BCUT2D eigenvalue weighted by Gasteiger charge is -2.12. The summed E-state index contributed by atoms with van der Waals surface area (Å²) in [6, 6.07) is 13.6. The number of hydrogen-bond acceptors (Lipinski definition) is 3. The average Bonchev–Trinajstić information content (AvgIpc) is 2.64. The van der Waals surface area contributed by atoms with Crippen molar-refractivity contribution in [2.45, 2.75) is 12.8 Å². The minimum atomic E-state index is -0.159. The van der Waals surface area contributed by atoms with Gasteiger partial charge in [-0.15, -0.1) is 0 Å². The summed E-state index contributed by atoms with van der Waals surface area (Å²) in [6.07, 6.45) is 3.17. The zero-order valence-corrected chi connectivity index (χ0v) is 15.3. The smallest absolute Gasteiger partial charge is 0.244 e. The van der Waals surface area contributed by atoms with Crippen LogP contribution < -0.4 is 14.8 Å². The van der Waals surface area contributed by atoms with Gasteiger partial charge in [0.15, 0.2) is 11.5 Å². The molecule has 0 aliphatic heterocycles. The van der Waals surface area contributed by atoms with Crippen LogP contribution in [-0.2, 0) is 4.79 Å². The summed E-state index contributed by atoms with van der Waals surface area (Å²) in [7, 11) is 3.07. The summed E-state index contributed by atoms with van der Waals surface area (Å²) >= 11 is 6.16. The summed E-state index contributed by atoms with van der Waals surface area (Å²) in [6.45, 7) is 2.65. The van der Waals surface area contributed by atoms with Gasteiger partial charge < -0.3 is 14.8 Å². The van der Waals surface area contributed by atoms with E-state index in [0.29, 0.717) is 23.1 Å². The van der Waals surface area contributed by atoms with Crippen LogP contribution in [0.1, 0.15) is 24.0 Å². The van der Waals surface area contributed by atoms with Crippen LogP contribution in [0.2, 0.25) is 5.02 Å². The van der Waals surface area contributed by atoms with E-state index in [1.54, 1.807) is 25.3 Å². The molecule has 2 aromatic carbocycles. The Morgan fingerprint density at radius 2 is 1.92 bits per heavy atom. The molecule has 4 nitrogen and oxygen atoms in total. The van der Waals surface area contributed by atoms with Gasteiger partial charge in [0, 0.05) is 12.6 Å². The van der Waals surface area contributed by atoms with Gasteiger partial charge in [-0.05, 0) is 35.3 Å². The Hall–Kier alpha value is -2.46. The molecular weight excluding hydrogens is 338 g/mol. The van der Waals surface area contributed by atoms with Crippen LogP contribution in [0.25, 0.3) is 6.08 Å². The molecule has 0 radical (unpaired) electrons. The van der Waals surface area contributed by atoms with E-state index < -0.39 is 0 Å². The fraction of sp³-hybridized carbons (Fsp3) is 0.250. The van der Waals surface area contributed by atoms with E-state index >= 15 is 0 Å². The van der Waals surface area contributed by atoms with Gasteiger partial charge >= 0.3 is 0 Å². The third kappa shape index (κ3) is 5.26. The maximum atomic E-state index is 12.0. The van der Waals surface area contributed by atoms with E-state index in [1.165, 1.54) is 18.7 Å². The first-order valence-electron chi connectivity index (χ1n) is 7.97. The average molecular weight is 360 g/mol. The third-order valence-corrected chi connectivity index (χ3v) is 4.11. The maximum Gasteiger partial charge on any atom is 0.244 e. The van der Waals surface area contributed by atoms with E-state index in [2.05, 4.69) is 24.4 Å². The first-order chi connectivity index (χ1) is 12.0. The molecule has 0 heterocycles. The Morgan fingerprint density at radius 3 is 2.56 bits per heavy atom. The number of carbonyl (C=O) groups is 1. The molecule has 132 valence electrons. The Balaban J connectivity index is 1.97. The van der Waals surface area contributed by atoms with Crippen molar-refractivity contribution >= 4 is 23.6 Å². The Kier molecular flexibility index (Phi) is 6.90. The number of benzene rings is 2. The molecule has 0 aliphatic carbocycles. The topological polar surface area (TPSA) is 47.6 Å². The predicted octanol–water partition coefficient (Wildman–Crippen LogP) is 4.29. The van der Waals surface area contributed by atoms with Gasteiger partial charge in [-0.3, -0.25) is 4.79 Å². The van der Waals surface area contributed by atoms with Crippen molar-refractivity contribution in [3.05, 3.63) is 64.7 Å². The van der Waals surface area contributed by atoms with Crippen molar-refractivity contribution < 1.29 is 14.3 Å². The lowest BCUT2D eigenvalue weighted by molar-refractivity contribution is -0.116. The van der Waals surface area contributed by atoms with E-state index in [9.17, 15) is 4.79 Å². The Labute approximate surface area is 153 Å². The minimum absolute atomic E-state index is 0.159. The summed E-state index contributed by atoms with van der Waals surface area (Å²) in [5.74, 6) is 1.08. The molecule has 0 aromatic heterocycles. The molecule has 25 heavy (non-hydrogen) atoms. The number of carbonyl (C=O) groups excluding carboxylic acids is 1. The van der Waals surface area contributed by atoms with E-state index in [0.717, 1.165) is 5.56 Å². The number of nitrogens with one attached hydrogen (secondary N) is 1. The highest BCUT2D eigenvalue weighted by Crippen LogP contribution is 2.36. The molecule has 1 N–H and O–H groups in total. The second-order valence-corrected chi connectivity index (χ2v) is 6.04. The van der Waals surface area contributed by atoms with Gasteiger partial charge in [-0.2, -0.15) is 0 Å². The molecule has 0 saturated heterocycles. The van der Waals surface area contributed by atoms with Crippen molar-refractivity contribution in [3.8, 4) is 11.5 Å². The molecule has 0 aliphatic rings. The molecule has 5 heteroatoms. The second-order valence-electron chi connectivity index (χ2n) is 5.63. The fourth-order valence-corrected chi connectivity index (χ4v) is 2.71. The van der Waals surface area contributed by atoms with Crippen molar-refractivity contribution in [1.29, 1.82) is 0 Å². The van der Waals surface area contributed by atoms with Crippen LogP contribution in [0, 0.1) is 0 Å².